The summed E-state index contributed by atoms with van der Waals surface area (Å²) in [5.41, 5.74) is 2.34. The molecule has 2 rings (SSSR count). The van der Waals surface area contributed by atoms with Gasteiger partial charge in [-0.05, 0) is 49.7 Å². The van der Waals surface area contributed by atoms with Gasteiger partial charge in [-0.15, -0.1) is 0 Å². The molecule has 0 unspecified atom stereocenters. The first-order chi connectivity index (χ1) is 10.8. The molecule has 0 spiro atoms. The van der Waals surface area contributed by atoms with Gasteiger partial charge in [0.05, 0.1) is 16.0 Å². The van der Waals surface area contributed by atoms with Crippen molar-refractivity contribution in [3.05, 3.63) is 58.1 Å². The summed E-state index contributed by atoms with van der Waals surface area (Å²) in [4.78, 5) is 0. The number of hydrogen-bond acceptors (Lipinski definition) is 3. The third-order valence-corrected chi connectivity index (χ3v) is 5.56. The van der Waals surface area contributed by atoms with E-state index in [2.05, 4.69) is 10.0 Å². The Bertz CT molecular complexity index is 775. The summed E-state index contributed by atoms with van der Waals surface area (Å²) in [6.07, 6.45) is 0. The average molecular weight is 373 g/mol. The van der Waals surface area contributed by atoms with Crippen molar-refractivity contribution in [3.8, 4) is 0 Å². The van der Waals surface area contributed by atoms with Gasteiger partial charge in [0, 0.05) is 17.3 Å². The SMILES string of the molecule is CC(C)S(=O)(=O)Nc1ccc(CNc2ccc(Cl)cc2Cl)cc1. The molecule has 0 bridgehead atoms. The summed E-state index contributed by atoms with van der Waals surface area (Å²) < 4.78 is 26.2. The smallest absolute Gasteiger partial charge is 0.235 e. The second kappa shape index (κ2) is 7.43. The first-order valence-electron chi connectivity index (χ1n) is 7.07. The highest BCUT2D eigenvalue weighted by Crippen LogP contribution is 2.26. The Morgan fingerprint density at radius 2 is 1.70 bits per heavy atom. The molecule has 0 aliphatic carbocycles. The topological polar surface area (TPSA) is 58.2 Å². The Kier molecular flexibility index (Phi) is 5.79. The van der Waals surface area contributed by atoms with E-state index in [9.17, 15) is 8.42 Å². The van der Waals surface area contributed by atoms with Crippen molar-refractivity contribution in [2.24, 2.45) is 0 Å². The van der Waals surface area contributed by atoms with Gasteiger partial charge in [-0.2, -0.15) is 0 Å². The summed E-state index contributed by atoms with van der Waals surface area (Å²) in [5, 5.41) is 3.88. The van der Waals surface area contributed by atoms with Crippen molar-refractivity contribution in [2.75, 3.05) is 10.0 Å². The van der Waals surface area contributed by atoms with Crippen LogP contribution < -0.4 is 10.0 Å². The van der Waals surface area contributed by atoms with Gasteiger partial charge in [0.15, 0.2) is 0 Å². The molecule has 23 heavy (non-hydrogen) atoms. The number of hydrogen-bond donors (Lipinski definition) is 2. The highest BCUT2D eigenvalue weighted by atomic mass is 35.5. The van der Waals surface area contributed by atoms with Gasteiger partial charge < -0.3 is 5.32 Å². The molecule has 0 heterocycles. The zero-order valence-electron chi connectivity index (χ0n) is 12.8. The molecule has 0 saturated heterocycles. The van der Waals surface area contributed by atoms with Crippen molar-refractivity contribution in [1.82, 2.24) is 0 Å². The zero-order valence-corrected chi connectivity index (χ0v) is 15.1. The second-order valence-corrected chi connectivity index (χ2v) is 8.45. The van der Waals surface area contributed by atoms with E-state index in [-0.39, 0.29) is 0 Å². The third kappa shape index (κ3) is 5.03. The fourth-order valence-corrected chi connectivity index (χ4v) is 2.98. The number of halogens is 2. The first-order valence-corrected chi connectivity index (χ1v) is 9.37. The van der Waals surface area contributed by atoms with Crippen LogP contribution in [0.4, 0.5) is 11.4 Å². The minimum atomic E-state index is -3.32. The maximum Gasteiger partial charge on any atom is 0.235 e. The highest BCUT2D eigenvalue weighted by Gasteiger charge is 2.15. The van der Waals surface area contributed by atoms with Crippen molar-refractivity contribution >= 4 is 44.6 Å². The molecule has 2 aromatic carbocycles. The van der Waals surface area contributed by atoms with E-state index < -0.39 is 15.3 Å². The minimum Gasteiger partial charge on any atom is -0.380 e. The van der Waals surface area contributed by atoms with Gasteiger partial charge in [-0.3, -0.25) is 4.72 Å². The summed E-state index contributed by atoms with van der Waals surface area (Å²) in [5.74, 6) is 0. The van der Waals surface area contributed by atoms with Crippen LogP contribution in [-0.2, 0) is 16.6 Å². The summed E-state index contributed by atoms with van der Waals surface area (Å²) in [7, 11) is -3.32. The van der Waals surface area contributed by atoms with Gasteiger partial charge in [-0.25, -0.2) is 8.42 Å². The van der Waals surface area contributed by atoms with Crippen LogP contribution in [0.3, 0.4) is 0 Å². The van der Waals surface area contributed by atoms with E-state index in [1.165, 1.54) is 0 Å². The molecule has 0 aliphatic heterocycles. The normalized spacial score (nSPS) is 11.5. The van der Waals surface area contributed by atoms with Crippen molar-refractivity contribution < 1.29 is 8.42 Å². The van der Waals surface area contributed by atoms with Crippen LogP contribution in [0.25, 0.3) is 0 Å². The van der Waals surface area contributed by atoms with Crippen LogP contribution in [0, 0.1) is 0 Å². The van der Waals surface area contributed by atoms with E-state index >= 15 is 0 Å². The number of rotatable bonds is 6. The molecule has 2 aromatic rings. The molecule has 4 nitrogen and oxygen atoms in total. The summed E-state index contributed by atoms with van der Waals surface area (Å²) in [6, 6.07) is 12.4. The van der Waals surface area contributed by atoms with E-state index in [0.29, 0.717) is 22.3 Å². The number of anilines is 2. The molecule has 2 N–H and O–H groups in total. The lowest BCUT2D eigenvalue weighted by Gasteiger charge is -2.12. The van der Waals surface area contributed by atoms with Crippen molar-refractivity contribution in [1.29, 1.82) is 0 Å². The Morgan fingerprint density at radius 3 is 2.26 bits per heavy atom. The van der Waals surface area contributed by atoms with Gasteiger partial charge in [0.2, 0.25) is 10.0 Å². The Hall–Kier alpha value is -1.43. The monoisotopic (exact) mass is 372 g/mol. The van der Waals surface area contributed by atoms with Crippen LogP contribution >= 0.6 is 23.2 Å². The predicted octanol–water partition coefficient (Wildman–Crippen LogP) is 4.76. The molecule has 0 aromatic heterocycles. The van der Waals surface area contributed by atoms with Crippen LogP contribution in [-0.4, -0.2) is 13.7 Å². The molecule has 0 amide bonds. The van der Waals surface area contributed by atoms with Crippen molar-refractivity contribution in [2.45, 2.75) is 25.6 Å². The quantitative estimate of drug-likeness (QED) is 0.768. The standard InChI is InChI=1S/C16H18Cl2N2O2S/c1-11(2)23(21,22)20-14-6-3-12(4-7-14)10-19-16-8-5-13(17)9-15(16)18/h3-9,11,19-20H,10H2,1-2H3. The Morgan fingerprint density at radius 1 is 1.04 bits per heavy atom. The summed E-state index contributed by atoms with van der Waals surface area (Å²) >= 11 is 12.0. The van der Waals surface area contributed by atoms with Gasteiger partial charge >= 0.3 is 0 Å². The fourth-order valence-electron chi connectivity index (χ4n) is 1.80. The predicted molar refractivity (Wildman–Crippen MR) is 97.9 cm³/mol. The van der Waals surface area contributed by atoms with E-state index in [0.717, 1.165) is 11.3 Å². The van der Waals surface area contributed by atoms with Crippen LogP contribution in [0.2, 0.25) is 10.0 Å². The Labute approximate surface area is 146 Å². The third-order valence-electron chi connectivity index (χ3n) is 3.25. The van der Waals surface area contributed by atoms with Crippen LogP contribution in [0.15, 0.2) is 42.5 Å². The Balaban J connectivity index is 2.00. The molecular formula is C16H18Cl2N2O2S. The lowest BCUT2D eigenvalue weighted by atomic mass is 10.2. The number of benzene rings is 2. The molecule has 0 fully saturated rings. The molecule has 124 valence electrons. The second-order valence-electron chi connectivity index (χ2n) is 5.37. The lowest BCUT2D eigenvalue weighted by molar-refractivity contribution is 0.593. The number of nitrogens with one attached hydrogen (secondary N) is 2. The van der Waals surface area contributed by atoms with Gasteiger partial charge in [0.1, 0.15) is 0 Å². The van der Waals surface area contributed by atoms with E-state index in [4.69, 9.17) is 23.2 Å². The minimum absolute atomic E-state index is 0.476. The highest BCUT2D eigenvalue weighted by molar-refractivity contribution is 7.93. The molecular weight excluding hydrogens is 355 g/mol. The van der Waals surface area contributed by atoms with E-state index in [1.807, 2.05) is 18.2 Å². The molecule has 0 aliphatic rings. The lowest BCUT2D eigenvalue weighted by Crippen LogP contribution is -2.22. The first kappa shape index (κ1) is 17.9. The largest absolute Gasteiger partial charge is 0.380 e. The summed E-state index contributed by atoms with van der Waals surface area (Å²) in [6.45, 7) is 3.84. The van der Waals surface area contributed by atoms with Crippen LogP contribution in [0.5, 0.6) is 0 Å². The molecule has 7 heteroatoms. The molecule has 0 saturated carbocycles. The van der Waals surface area contributed by atoms with Crippen molar-refractivity contribution in [3.63, 3.8) is 0 Å². The zero-order chi connectivity index (χ0) is 17.0. The average Bonchev–Trinajstić information content (AvgIpc) is 2.47. The molecule has 0 radical (unpaired) electrons. The van der Waals surface area contributed by atoms with Gasteiger partial charge in [-0.1, -0.05) is 35.3 Å². The fraction of sp³-hybridized carbons (Fsp3) is 0.250. The molecule has 0 atom stereocenters. The van der Waals surface area contributed by atoms with Gasteiger partial charge in [0.25, 0.3) is 0 Å². The maximum atomic E-state index is 11.8. The number of sulfonamides is 1. The van der Waals surface area contributed by atoms with Crippen LogP contribution in [0.1, 0.15) is 19.4 Å². The maximum absolute atomic E-state index is 11.8. The van der Waals surface area contributed by atoms with E-state index in [1.54, 1.807) is 38.1 Å².